The van der Waals surface area contributed by atoms with Crippen LogP contribution in [0.5, 0.6) is 0 Å². The van der Waals surface area contributed by atoms with E-state index in [0.717, 1.165) is 29.0 Å². The van der Waals surface area contributed by atoms with E-state index in [1.54, 1.807) is 0 Å². The minimum atomic E-state index is -1.56. The van der Waals surface area contributed by atoms with Crippen LogP contribution in [0.15, 0.2) is 41.3 Å². The van der Waals surface area contributed by atoms with Gasteiger partial charge in [0.05, 0.1) is 23.6 Å². The number of anilines is 1. The summed E-state index contributed by atoms with van der Waals surface area (Å²) in [4.78, 5) is 25.6. The van der Waals surface area contributed by atoms with E-state index in [1.807, 2.05) is 0 Å². The van der Waals surface area contributed by atoms with Gasteiger partial charge in [-0.3, -0.25) is 4.79 Å². The third-order valence-electron chi connectivity index (χ3n) is 5.34. The Hall–Kier alpha value is -3.37. The molecule has 1 atom stereocenters. The van der Waals surface area contributed by atoms with Crippen molar-refractivity contribution in [1.82, 2.24) is 9.88 Å². The molecule has 1 unspecified atom stereocenters. The van der Waals surface area contributed by atoms with Gasteiger partial charge in [-0.05, 0) is 30.3 Å². The Bertz CT molecular complexity index is 1230. The van der Waals surface area contributed by atoms with Gasteiger partial charge in [-0.2, -0.15) is 0 Å². The van der Waals surface area contributed by atoms with Crippen molar-refractivity contribution in [3.05, 3.63) is 69.8 Å². The topological polar surface area (TPSA) is 94.8 Å². The fourth-order valence-electron chi connectivity index (χ4n) is 3.84. The summed E-state index contributed by atoms with van der Waals surface area (Å²) in [6.07, 6.45) is 0.937. The average molecular weight is 433 g/mol. The standard InChI is InChI=1S/C21H18F3N3O4/c22-11-1-3-12(4-2-11)27-9-15(21(30)31)20(29)14-7-16(23)19(17(24)18(14)27)26-6-5-25-8-13(26)10-28/h1-4,7,9,13,25,28H,5-6,8,10H2,(H,30,31). The number of aliphatic hydroxyl groups excluding tert-OH is 1. The van der Waals surface area contributed by atoms with Gasteiger partial charge in [0.2, 0.25) is 5.43 Å². The Morgan fingerprint density at radius 3 is 2.55 bits per heavy atom. The van der Waals surface area contributed by atoms with Crippen molar-refractivity contribution in [1.29, 1.82) is 0 Å². The highest BCUT2D eigenvalue weighted by Gasteiger charge is 2.30. The van der Waals surface area contributed by atoms with Crippen molar-refractivity contribution < 1.29 is 28.2 Å². The summed E-state index contributed by atoms with van der Waals surface area (Å²) in [5.74, 6) is -4.24. The number of hydrogen-bond donors (Lipinski definition) is 3. The Morgan fingerprint density at radius 2 is 1.90 bits per heavy atom. The molecule has 0 spiro atoms. The fourth-order valence-corrected chi connectivity index (χ4v) is 3.84. The van der Waals surface area contributed by atoms with E-state index in [1.165, 1.54) is 17.0 Å². The number of halogens is 3. The molecule has 0 aliphatic carbocycles. The van der Waals surface area contributed by atoms with Crippen molar-refractivity contribution in [2.45, 2.75) is 6.04 Å². The average Bonchev–Trinajstić information content (AvgIpc) is 2.75. The number of fused-ring (bicyclic) bond motifs is 1. The number of rotatable bonds is 4. The summed E-state index contributed by atoms with van der Waals surface area (Å²) >= 11 is 0. The van der Waals surface area contributed by atoms with Crippen LogP contribution in [0, 0.1) is 17.5 Å². The molecule has 3 N–H and O–H groups in total. The van der Waals surface area contributed by atoms with Crippen LogP contribution >= 0.6 is 0 Å². The zero-order valence-electron chi connectivity index (χ0n) is 16.1. The van der Waals surface area contributed by atoms with Crippen molar-refractivity contribution in [3.8, 4) is 5.69 Å². The largest absolute Gasteiger partial charge is 0.477 e. The summed E-state index contributed by atoms with van der Waals surface area (Å²) in [7, 11) is 0. The molecule has 0 bridgehead atoms. The molecule has 1 fully saturated rings. The number of aromatic nitrogens is 1. The Balaban J connectivity index is 2.08. The Kier molecular flexibility index (Phi) is 5.42. The monoisotopic (exact) mass is 433 g/mol. The third-order valence-corrected chi connectivity index (χ3v) is 5.34. The van der Waals surface area contributed by atoms with Crippen LogP contribution in [0.25, 0.3) is 16.6 Å². The van der Waals surface area contributed by atoms with Crippen LogP contribution in [0.2, 0.25) is 0 Å². The summed E-state index contributed by atoms with van der Waals surface area (Å²) < 4.78 is 45.3. The lowest BCUT2D eigenvalue weighted by Crippen LogP contribution is -2.53. The molecule has 2 aromatic carbocycles. The number of piperazine rings is 1. The molecular formula is C21H18F3N3O4. The smallest absolute Gasteiger partial charge is 0.341 e. The molecule has 10 heteroatoms. The number of pyridine rings is 1. The molecular weight excluding hydrogens is 415 g/mol. The van der Waals surface area contributed by atoms with E-state index in [9.17, 15) is 24.2 Å². The molecule has 31 heavy (non-hydrogen) atoms. The Morgan fingerprint density at radius 1 is 1.19 bits per heavy atom. The van der Waals surface area contributed by atoms with Crippen LogP contribution in [-0.2, 0) is 0 Å². The van der Waals surface area contributed by atoms with Gasteiger partial charge in [0.25, 0.3) is 0 Å². The number of nitrogens with one attached hydrogen (secondary N) is 1. The normalized spacial score (nSPS) is 16.6. The highest BCUT2D eigenvalue weighted by Crippen LogP contribution is 2.33. The first kappa shape index (κ1) is 20.9. The molecule has 0 amide bonds. The van der Waals surface area contributed by atoms with Gasteiger partial charge in [-0.15, -0.1) is 0 Å². The molecule has 1 saturated heterocycles. The lowest BCUT2D eigenvalue weighted by Gasteiger charge is -2.37. The predicted molar refractivity (Wildman–Crippen MR) is 107 cm³/mol. The summed E-state index contributed by atoms with van der Waals surface area (Å²) in [5, 5.41) is 21.6. The van der Waals surface area contributed by atoms with Gasteiger partial charge in [0.15, 0.2) is 5.82 Å². The zero-order valence-corrected chi connectivity index (χ0v) is 16.1. The number of aromatic carboxylic acids is 1. The van der Waals surface area contributed by atoms with Crippen molar-refractivity contribution in [2.75, 3.05) is 31.1 Å². The van der Waals surface area contributed by atoms with Crippen LogP contribution < -0.4 is 15.6 Å². The molecule has 2 heterocycles. The van der Waals surface area contributed by atoms with Crippen LogP contribution in [0.4, 0.5) is 18.9 Å². The number of nitrogens with zero attached hydrogens (tertiary/aromatic N) is 2. The van der Waals surface area contributed by atoms with Gasteiger partial charge in [0.1, 0.15) is 22.9 Å². The van der Waals surface area contributed by atoms with E-state index in [-0.39, 0.29) is 24.4 Å². The molecule has 162 valence electrons. The third kappa shape index (κ3) is 3.53. The van der Waals surface area contributed by atoms with Crippen molar-refractivity contribution in [2.24, 2.45) is 0 Å². The number of carboxylic acid groups (broad SMARTS) is 1. The number of aliphatic hydroxyl groups is 1. The second kappa shape index (κ2) is 8.05. The molecule has 0 radical (unpaired) electrons. The first-order valence-electron chi connectivity index (χ1n) is 9.48. The van der Waals surface area contributed by atoms with Gasteiger partial charge < -0.3 is 25.0 Å². The maximum absolute atomic E-state index is 15.8. The second-order valence-corrected chi connectivity index (χ2v) is 7.17. The maximum Gasteiger partial charge on any atom is 0.341 e. The highest BCUT2D eigenvalue weighted by atomic mass is 19.1. The maximum atomic E-state index is 15.8. The summed E-state index contributed by atoms with van der Waals surface area (Å²) in [6, 6.07) is 4.97. The molecule has 1 aromatic heterocycles. The van der Waals surface area contributed by atoms with Gasteiger partial charge in [0, 0.05) is 31.5 Å². The summed E-state index contributed by atoms with van der Waals surface area (Å²) in [6.45, 7) is 0.581. The van der Waals surface area contributed by atoms with Gasteiger partial charge >= 0.3 is 5.97 Å². The number of carboxylic acids is 1. The van der Waals surface area contributed by atoms with Gasteiger partial charge in [-0.1, -0.05) is 0 Å². The predicted octanol–water partition coefficient (Wildman–Crippen LogP) is 1.88. The minimum absolute atomic E-state index is 0.185. The van der Waals surface area contributed by atoms with Crippen molar-refractivity contribution >= 4 is 22.6 Å². The summed E-state index contributed by atoms with van der Waals surface area (Å²) in [5.41, 5.74) is -2.30. The molecule has 1 aliphatic rings. The molecule has 0 saturated carbocycles. The van der Waals surface area contributed by atoms with Crippen LogP contribution in [-0.4, -0.2) is 53.0 Å². The molecule has 7 nitrogen and oxygen atoms in total. The number of benzene rings is 2. The van der Waals surface area contributed by atoms with E-state index in [4.69, 9.17) is 0 Å². The van der Waals surface area contributed by atoms with E-state index >= 15 is 8.78 Å². The molecule has 3 aromatic rings. The van der Waals surface area contributed by atoms with E-state index in [0.29, 0.717) is 13.1 Å². The van der Waals surface area contributed by atoms with Crippen molar-refractivity contribution in [3.63, 3.8) is 0 Å². The van der Waals surface area contributed by atoms with E-state index < -0.39 is 51.5 Å². The first-order valence-corrected chi connectivity index (χ1v) is 9.48. The van der Waals surface area contributed by atoms with Gasteiger partial charge in [-0.25, -0.2) is 18.0 Å². The van der Waals surface area contributed by atoms with E-state index in [2.05, 4.69) is 5.32 Å². The quantitative estimate of drug-likeness (QED) is 0.582. The number of carbonyl (C=O) groups is 1. The Labute approximate surface area is 174 Å². The number of hydrogen-bond acceptors (Lipinski definition) is 5. The first-order chi connectivity index (χ1) is 14.8. The molecule has 4 rings (SSSR count). The second-order valence-electron chi connectivity index (χ2n) is 7.17. The SMILES string of the molecule is O=C(O)c1cn(-c2ccc(F)cc2)c2c(F)c(N3CCNCC3CO)c(F)cc2c1=O. The minimum Gasteiger partial charge on any atom is -0.477 e. The molecule has 1 aliphatic heterocycles. The zero-order chi connectivity index (χ0) is 22.3. The highest BCUT2D eigenvalue weighted by molar-refractivity contribution is 5.94. The van der Waals surface area contributed by atoms with Crippen LogP contribution in [0.1, 0.15) is 10.4 Å². The lowest BCUT2D eigenvalue weighted by atomic mass is 10.1. The fraction of sp³-hybridized carbons (Fsp3) is 0.238. The lowest BCUT2D eigenvalue weighted by molar-refractivity contribution is 0.0695. The van der Waals surface area contributed by atoms with Crippen LogP contribution in [0.3, 0.4) is 0 Å².